The van der Waals surface area contributed by atoms with Gasteiger partial charge in [0.1, 0.15) is 4.88 Å². The van der Waals surface area contributed by atoms with Gasteiger partial charge in [-0.2, -0.15) is 0 Å². The van der Waals surface area contributed by atoms with Crippen molar-refractivity contribution in [2.45, 2.75) is 0 Å². The van der Waals surface area contributed by atoms with Gasteiger partial charge in [0.05, 0.1) is 27.9 Å². The lowest BCUT2D eigenvalue weighted by Crippen LogP contribution is -2.22. The van der Waals surface area contributed by atoms with Crippen molar-refractivity contribution >= 4 is 50.4 Å². The van der Waals surface area contributed by atoms with E-state index in [-0.39, 0.29) is 11.4 Å². The van der Waals surface area contributed by atoms with Crippen LogP contribution in [0.5, 0.6) is 5.88 Å². The number of rotatable bonds is 4. The number of amides is 1. The molecule has 0 fully saturated rings. The number of carboxylic acid groups (broad SMARTS) is 1. The molecule has 162 valence electrons. The lowest BCUT2D eigenvalue weighted by Gasteiger charge is -2.05. The number of thiazole rings is 1. The molecular weight excluding hydrogens is 506 g/mol. The van der Waals surface area contributed by atoms with Gasteiger partial charge < -0.3 is 10.2 Å². The summed E-state index contributed by atoms with van der Waals surface area (Å²) >= 11 is 4.55. The summed E-state index contributed by atoms with van der Waals surface area (Å²) in [6.07, 6.45) is 0. The molecule has 0 atom stereocenters. The first-order valence-corrected chi connectivity index (χ1v) is 11.3. The molecule has 1 aliphatic heterocycles. The van der Waals surface area contributed by atoms with E-state index in [2.05, 4.69) is 25.9 Å². The minimum atomic E-state index is -1.06. The molecule has 33 heavy (non-hydrogen) atoms. The van der Waals surface area contributed by atoms with Gasteiger partial charge in [-0.25, -0.2) is 14.8 Å². The van der Waals surface area contributed by atoms with Crippen molar-refractivity contribution in [1.82, 2.24) is 4.57 Å². The molecule has 2 N–H and O–H groups in total. The SMILES string of the molecule is O=C1N=c2ccc(Br)cc2=C1c1sc(=Nc2cccc(C(=O)O)c2)n(-c2ccccc2)c1O. The van der Waals surface area contributed by atoms with Crippen LogP contribution in [-0.2, 0) is 4.79 Å². The number of nitrogens with zero attached hydrogens (tertiary/aromatic N) is 3. The van der Waals surface area contributed by atoms with Crippen molar-refractivity contribution in [1.29, 1.82) is 0 Å². The monoisotopic (exact) mass is 519 g/mol. The van der Waals surface area contributed by atoms with Crippen molar-refractivity contribution in [3.8, 4) is 11.6 Å². The number of carboxylic acids is 1. The predicted molar refractivity (Wildman–Crippen MR) is 126 cm³/mol. The molecule has 7 nitrogen and oxygen atoms in total. The average molecular weight is 520 g/mol. The highest BCUT2D eigenvalue weighted by Gasteiger charge is 2.26. The Bertz CT molecular complexity index is 1640. The first-order valence-electron chi connectivity index (χ1n) is 9.74. The molecule has 1 amide bonds. The molecule has 0 aliphatic carbocycles. The van der Waals surface area contributed by atoms with Gasteiger partial charge in [0.25, 0.3) is 5.91 Å². The van der Waals surface area contributed by atoms with Crippen LogP contribution in [0.3, 0.4) is 0 Å². The second-order valence-electron chi connectivity index (χ2n) is 7.13. The third-order valence-corrected chi connectivity index (χ3v) is 6.56. The van der Waals surface area contributed by atoms with E-state index in [1.807, 2.05) is 18.2 Å². The largest absolute Gasteiger partial charge is 0.493 e. The van der Waals surface area contributed by atoms with E-state index >= 15 is 0 Å². The molecule has 1 aliphatic rings. The maximum atomic E-state index is 12.8. The number of aromatic hydroxyl groups is 1. The van der Waals surface area contributed by atoms with Crippen LogP contribution in [0.2, 0.25) is 0 Å². The van der Waals surface area contributed by atoms with Crippen molar-refractivity contribution in [2.24, 2.45) is 9.98 Å². The van der Waals surface area contributed by atoms with Gasteiger partial charge in [-0.3, -0.25) is 9.36 Å². The lowest BCUT2D eigenvalue weighted by molar-refractivity contribution is -0.112. The normalized spacial score (nSPS) is 13.2. The zero-order chi connectivity index (χ0) is 23.1. The number of aromatic nitrogens is 1. The summed E-state index contributed by atoms with van der Waals surface area (Å²) in [5, 5.41) is 21.7. The highest BCUT2D eigenvalue weighted by Crippen LogP contribution is 2.31. The van der Waals surface area contributed by atoms with Crippen molar-refractivity contribution in [3.05, 3.63) is 103 Å². The molecule has 5 rings (SSSR count). The summed E-state index contributed by atoms with van der Waals surface area (Å²) in [5.74, 6) is -1.65. The maximum Gasteiger partial charge on any atom is 0.335 e. The van der Waals surface area contributed by atoms with E-state index in [1.54, 1.807) is 42.5 Å². The number of carbonyl (C=O) groups excluding carboxylic acids is 1. The number of carbonyl (C=O) groups is 2. The van der Waals surface area contributed by atoms with Crippen molar-refractivity contribution in [2.75, 3.05) is 0 Å². The summed E-state index contributed by atoms with van der Waals surface area (Å²) in [5.41, 5.74) is 1.44. The Morgan fingerprint density at radius 3 is 2.58 bits per heavy atom. The molecular formula is C24H14BrN3O4S. The fraction of sp³-hybridized carbons (Fsp3) is 0. The Hall–Kier alpha value is -3.82. The topological polar surface area (TPSA) is 104 Å². The van der Waals surface area contributed by atoms with Crippen LogP contribution >= 0.6 is 27.3 Å². The minimum Gasteiger partial charge on any atom is -0.493 e. The third kappa shape index (κ3) is 3.81. The van der Waals surface area contributed by atoms with Crippen LogP contribution in [0.4, 0.5) is 5.69 Å². The molecule has 9 heteroatoms. The lowest BCUT2D eigenvalue weighted by atomic mass is 10.1. The number of aromatic carboxylic acids is 1. The molecule has 0 unspecified atom stereocenters. The van der Waals surface area contributed by atoms with Gasteiger partial charge in [0, 0.05) is 9.69 Å². The zero-order valence-corrected chi connectivity index (χ0v) is 19.2. The number of hydrogen-bond acceptors (Lipinski definition) is 5. The Balaban J connectivity index is 1.82. The first kappa shape index (κ1) is 21.0. The molecule has 3 aromatic carbocycles. The molecule has 0 radical (unpaired) electrons. The molecule has 0 spiro atoms. The molecule has 4 aromatic rings. The summed E-state index contributed by atoms with van der Waals surface area (Å²) in [7, 11) is 0. The summed E-state index contributed by atoms with van der Waals surface area (Å²) < 4.78 is 2.31. The quantitative estimate of drug-likeness (QED) is 0.431. The van der Waals surface area contributed by atoms with Crippen LogP contribution in [0, 0.1) is 0 Å². The fourth-order valence-corrected chi connectivity index (χ4v) is 5.00. The number of halogens is 1. The standard InChI is InChI=1S/C24H14BrN3O4S/c25-14-9-10-18-17(12-14)19(21(29)27-18)20-22(30)28(16-7-2-1-3-8-16)24(33-20)26-15-6-4-5-13(11-15)23(31)32/h1-12,30H,(H,31,32). The van der Waals surface area contributed by atoms with E-state index in [9.17, 15) is 19.8 Å². The second-order valence-corrected chi connectivity index (χ2v) is 9.02. The van der Waals surface area contributed by atoms with Crippen LogP contribution < -0.4 is 15.4 Å². The van der Waals surface area contributed by atoms with E-state index in [1.165, 1.54) is 16.7 Å². The van der Waals surface area contributed by atoms with Crippen LogP contribution in [0.15, 0.2) is 87.3 Å². The van der Waals surface area contributed by atoms with Gasteiger partial charge in [-0.1, -0.05) is 51.5 Å². The minimum absolute atomic E-state index is 0.0986. The van der Waals surface area contributed by atoms with Crippen LogP contribution in [0.1, 0.15) is 15.2 Å². The summed E-state index contributed by atoms with van der Waals surface area (Å²) in [6.45, 7) is 0. The van der Waals surface area contributed by atoms with Gasteiger partial charge in [-0.15, -0.1) is 0 Å². The highest BCUT2D eigenvalue weighted by molar-refractivity contribution is 9.10. The zero-order valence-electron chi connectivity index (χ0n) is 16.8. The molecule has 0 saturated carbocycles. The fourth-order valence-electron chi connectivity index (χ4n) is 3.55. The maximum absolute atomic E-state index is 12.8. The summed E-state index contributed by atoms with van der Waals surface area (Å²) in [4.78, 5) is 33.6. The van der Waals surface area contributed by atoms with Gasteiger partial charge in [0.15, 0.2) is 4.80 Å². The van der Waals surface area contributed by atoms with Crippen molar-refractivity contribution < 1.29 is 19.8 Å². The smallest absolute Gasteiger partial charge is 0.335 e. The average Bonchev–Trinajstić information content (AvgIpc) is 3.29. The van der Waals surface area contributed by atoms with E-state index < -0.39 is 11.9 Å². The van der Waals surface area contributed by atoms with E-state index in [0.717, 1.165) is 15.8 Å². The van der Waals surface area contributed by atoms with Gasteiger partial charge in [0.2, 0.25) is 5.88 Å². The first-order chi connectivity index (χ1) is 15.9. The Morgan fingerprint density at radius 1 is 1.03 bits per heavy atom. The predicted octanol–water partition coefficient (Wildman–Crippen LogP) is 3.30. The molecule has 1 aromatic heterocycles. The Morgan fingerprint density at radius 2 is 1.82 bits per heavy atom. The van der Waals surface area contributed by atoms with Gasteiger partial charge in [-0.05, 0) is 48.5 Å². The highest BCUT2D eigenvalue weighted by atomic mass is 79.9. The Labute approximate surface area is 199 Å². The molecule has 0 bridgehead atoms. The number of benzene rings is 3. The summed E-state index contributed by atoms with van der Waals surface area (Å²) in [6, 6.07) is 20.6. The molecule has 0 saturated heterocycles. The number of para-hydroxylation sites is 1. The third-order valence-electron chi connectivity index (χ3n) is 5.02. The number of hydrogen-bond donors (Lipinski definition) is 2. The van der Waals surface area contributed by atoms with E-state index in [0.29, 0.717) is 37.2 Å². The molecule has 2 heterocycles. The van der Waals surface area contributed by atoms with E-state index in [4.69, 9.17) is 0 Å². The Kier molecular flexibility index (Phi) is 5.27. The number of fused-ring (bicyclic) bond motifs is 1. The van der Waals surface area contributed by atoms with Crippen LogP contribution in [-0.4, -0.2) is 26.7 Å². The van der Waals surface area contributed by atoms with Gasteiger partial charge >= 0.3 is 5.97 Å². The van der Waals surface area contributed by atoms with Crippen molar-refractivity contribution in [3.63, 3.8) is 0 Å². The second kappa shape index (κ2) is 8.27. The van der Waals surface area contributed by atoms with Crippen LogP contribution in [0.25, 0.3) is 11.3 Å².